The van der Waals surface area contributed by atoms with Crippen LogP contribution in [-0.2, 0) is 14.3 Å². The van der Waals surface area contributed by atoms with Crippen molar-refractivity contribution >= 4 is 11.8 Å². The molecule has 0 saturated carbocycles. The summed E-state index contributed by atoms with van der Waals surface area (Å²) in [5, 5.41) is 8.26. The third-order valence-electron chi connectivity index (χ3n) is 2.16. The van der Waals surface area contributed by atoms with Crippen molar-refractivity contribution in [3.05, 3.63) is 0 Å². The lowest BCUT2D eigenvalue weighted by Crippen LogP contribution is -2.46. The van der Waals surface area contributed by atoms with E-state index in [-0.39, 0.29) is 24.4 Å². The minimum absolute atomic E-state index is 0.105. The standard InChI is InChI=1S/C11H23N3O3/c1-4-12-10(15)8-14-9(2)11(16)13-6-5-7-17-3/h9,14H,4-8H2,1-3H3,(H,12,15)(H,13,16). The number of nitrogens with one attached hydrogen (secondary N) is 3. The van der Waals surface area contributed by atoms with Crippen LogP contribution in [0.4, 0.5) is 0 Å². The molecule has 2 amide bonds. The largest absolute Gasteiger partial charge is 0.385 e. The fraction of sp³-hybridized carbons (Fsp3) is 0.818. The maximum atomic E-state index is 11.5. The first-order valence-corrected chi connectivity index (χ1v) is 5.88. The molecule has 0 aliphatic rings. The van der Waals surface area contributed by atoms with Crippen molar-refractivity contribution in [2.24, 2.45) is 0 Å². The summed E-state index contributed by atoms with van der Waals surface area (Å²) in [6.45, 7) is 5.54. The van der Waals surface area contributed by atoms with E-state index in [2.05, 4.69) is 16.0 Å². The molecule has 0 bridgehead atoms. The molecule has 0 saturated heterocycles. The number of ether oxygens (including phenoxy) is 1. The SMILES string of the molecule is CCNC(=O)CNC(C)C(=O)NCCCOC. The topological polar surface area (TPSA) is 79.5 Å². The molecule has 100 valence electrons. The van der Waals surface area contributed by atoms with E-state index in [1.54, 1.807) is 14.0 Å². The van der Waals surface area contributed by atoms with Gasteiger partial charge in [-0.15, -0.1) is 0 Å². The van der Waals surface area contributed by atoms with Crippen molar-refractivity contribution in [1.82, 2.24) is 16.0 Å². The van der Waals surface area contributed by atoms with Crippen molar-refractivity contribution < 1.29 is 14.3 Å². The molecule has 0 aromatic carbocycles. The molecule has 0 aliphatic carbocycles. The molecule has 0 aliphatic heterocycles. The third kappa shape index (κ3) is 8.65. The smallest absolute Gasteiger partial charge is 0.236 e. The second kappa shape index (κ2) is 10.0. The lowest BCUT2D eigenvalue weighted by atomic mass is 10.3. The maximum absolute atomic E-state index is 11.5. The second-order valence-electron chi connectivity index (χ2n) is 3.69. The van der Waals surface area contributed by atoms with Gasteiger partial charge in [0.15, 0.2) is 0 Å². The molecule has 0 radical (unpaired) electrons. The predicted molar refractivity (Wildman–Crippen MR) is 65.7 cm³/mol. The number of hydrogen-bond donors (Lipinski definition) is 3. The van der Waals surface area contributed by atoms with E-state index >= 15 is 0 Å². The van der Waals surface area contributed by atoms with Crippen LogP contribution in [0.2, 0.25) is 0 Å². The average molecular weight is 245 g/mol. The zero-order valence-corrected chi connectivity index (χ0v) is 10.8. The minimum atomic E-state index is -0.375. The van der Waals surface area contributed by atoms with Crippen LogP contribution in [0.15, 0.2) is 0 Å². The molecule has 1 atom stereocenters. The van der Waals surface area contributed by atoms with Crippen LogP contribution in [0.3, 0.4) is 0 Å². The Morgan fingerprint density at radius 3 is 2.59 bits per heavy atom. The average Bonchev–Trinajstić information content (AvgIpc) is 2.31. The Balaban J connectivity index is 3.63. The van der Waals surface area contributed by atoms with Gasteiger partial charge >= 0.3 is 0 Å². The molecule has 0 aromatic heterocycles. The Labute approximate surface area is 102 Å². The molecule has 0 fully saturated rings. The van der Waals surface area contributed by atoms with E-state index in [0.29, 0.717) is 19.7 Å². The molecule has 0 spiro atoms. The number of carbonyl (C=O) groups is 2. The van der Waals surface area contributed by atoms with Crippen LogP contribution in [0.25, 0.3) is 0 Å². The van der Waals surface area contributed by atoms with E-state index in [0.717, 1.165) is 6.42 Å². The predicted octanol–water partition coefficient (Wildman–Crippen LogP) is -0.747. The zero-order chi connectivity index (χ0) is 13.1. The van der Waals surface area contributed by atoms with Crippen LogP contribution in [0.1, 0.15) is 20.3 Å². The highest BCUT2D eigenvalue weighted by atomic mass is 16.5. The molecule has 0 rings (SSSR count). The highest BCUT2D eigenvalue weighted by Gasteiger charge is 2.12. The van der Waals surface area contributed by atoms with Crippen molar-refractivity contribution in [3.63, 3.8) is 0 Å². The molecule has 1 unspecified atom stereocenters. The summed E-state index contributed by atoms with van der Waals surface area (Å²) in [6, 6.07) is -0.375. The van der Waals surface area contributed by atoms with E-state index in [9.17, 15) is 9.59 Å². The molecular formula is C11H23N3O3. The Kier molecular flexibility index (Phi) is 9.37. The van der Waals surface area contributed by atoms with Crippen molar-refractivity contribution in [1.29, 1.82) is 0 Å². The Morgan fingerprint density at radius 1 is 1.29 bits per heavy atom. The summed E-state index contributed by atoms with van der Waals surface area (Å²) in [5.74, 6) is -0.211. The number of amides is 2. The van der Waals surface area contributed by atoms with Crippen molar-refractivity contribution in [3.8, 4) is 0 Å². The molecule has 3 N–H and O–H groups in total. The summed E-state index contributed by atoms with van der Waals surface area (Å²) in [6.07, 6.45) is 0.783. The molecule has 6 heteroatoms. The lowest BCUT2D eigenvalue weighted by Gasteiger charge is -2.13. The minimum Gasteiger partial charge on any atom is -0.385 e. The highest BCUT2D eigenvalue weighted by Crippen LogP contribution is 1.83. The zero-order valence-electron chi connectivity index (χ0n) is 10.8. The van der Waals surface area contributed by atoms with Gasteiger partial charge in [0.05, 0.1) is 12.6 Å². The summed E-state index contributed by atoms with van der Waals surface area (Å²) in [4.78, 5) is 22.7. The van der Waals surface area contributed by atoms with Gasteiger partial charge in [-0.3, -0.25) is 14.9 Å². The fourth-order valence-electron chi connectivity index (χ4n) is 1.18. The Morgan fingerprint density at radius 2 is 2.00 bits per heavy atom. The number of likely N-dealkylation sites (N-methyl/N-ethyl adjacent to an activating group) is 1. The van der Waals surface area contributed by atoms with Gasteiger partial charge in [0.1, 0.15) is 0 Å². The molecule has 6 nitrogen and oxygen atoms in total. The van der Waals surface area contributed by atoms with Crippen LogP contribution in [0, 0.1) is 0 Å². The summed E-state index contributed by atoms with van der Waals surface area (Å²) in [5.41, 5.74) is 0. The Hall–Kier alpha value is -1.14. The van der Waals surface area contributed by atoms with Gasteiger partial charge in [0.2, 0.25) is 11.8 Å². The first kappa shape index (κ1) is 15.9. The third-order valence-corrected chi connectivity index (χ3v) is 2.16. The lowest BCUT2D eigenvalue weighted by molar-refractivity contribution is -0.123. The maximum Gasteiger partial charge on any atom is 0.236 e. The quantitative estimate of drug-likeness (QED) is 0.467. The number of carbonyl (C=O) groups excluding carboxylic acids is 2. The van der Waals surface area contributed by atoms with E-state index in [1.807, 2.05) is 6.92 Å². The van der Waals surface area contributed by atoms with Gasteiger partial charge < -0.3 is 15.4 Å². The van der Waals surface area contributed by atoms with Crippen LogP contribution in [-0.4, -0.2) is 51.2 Å². The number of rotatable bonds is 9. The van der Waals surface area contributed by atoms with Crippen LogP contribution in [0.5, 0.6) is 0 Å². The van der Waals surface area contributed by atoms with Gasteiger partial charge in [-0.2, -0.15) is 0 Å². The molecular weight excluding hydrogens is 222 g/mol. The van der Waals surface area contributed by atoms with Gasteiger partial charge in [0.25, 0.3) is 0 Å². The fourth-order valence-corrected chi connectivity index (χ4v) is 1.18. The molecule has 17 heavy (non-hydrogen) atoms. The van der Waals surface area contributed by atoms with Crippen LogP contribution < -0.4 is 16.0 Å². The highest BCUT2D eigenvalue weighted by molar-refractivity contribution is 5.83. The van der Waals surface area contributed by atoms with Gasteiger partial charge in [-0.1, -0.05) is 0 Å². The normalized spacial score (nSPS) is 11.9. The van der Waals surface area contributed by atoms with Gasteiger partial charge in [-0.25, -0.2) is 0 Å². The van der Waals surface area contributed by atoms with E-state index < -0.39 is 0 Å². The molecule has 0 heterocycles. The molecule has 0 aromatic rings. The Bertz CT molecular complexity index is 234. The summed E-state index contributed by atoms with van der Waals surface area (Å²) < 4.78 is 4.87. The number of hydrogen-bond acceptors (Lipinski definition) is 4. The van der Waals surface area contributed by atoms with Gasteiger partial charge in [0, 0.05) is 26.8 Å². The van der Waals surface area contributed by atoms with Crippen LogP contribution >= 0.6 is 0 Å². The second-order valence-corrected chi connectivity index (χ2v) is 3.69. The first-order valence-electron chi connectivity index (χ1n) is 5.88. The monoisotopic (exact) mass is 245 g/mol. The van der Waals surface area contributed by atoms with Crippen molar-refractivity contribution in [2.75, 3.05) is 33.4 Å². The first-order chi connectivity index (χ1) is 8.11. The van der Waals surface area contributed by atoms with E-state index in [4.69, 9.17) is 4.74 Å². The van der Waals surface area contributed by atoms with E-state index in [1.165, 1.54) is 0 Å². The number of methoxy groups -OCH3 is 1. The summed E-state index contributed by atoms with van der Waals surface area (Å²) in [7, 11) is 1.62. The van der Waals surface area contributed by atoms with Crippen molar-refractivity contribution in [2.45, 2.75) is 26.3 Å². The summed E-state index contributed by atoms with van der Waals surface area (Å²) >= 11 is 0. The van der Waals surface area contributed by atoms with Gasteiger partial charge in [-0.05, 0) is 20.3 Å².